The Morgan fingerprint density at radius 2 is 2.16 bits per heavy atom. The zero-order valence-corrected chi connectivity index (χ0v) is 14.8. The van der Waals surface area contributed by atoms with E-state index in [9.17, 15) is 0 Å². The van der Waals surface area contributed by atoms with Crippen molar-refractivity contribution in [2.45, 2.75) is 19.4 Å². The van der Waals surface area contributed by atoms with Gasteiger partial charge in [0.25, 0.3) is 0 Å². The first-order chi connectivity index (χ1) is 12.2. The van der Waals surface area contributed by atoms with Crippen LogP contribution in [0, 0.1) is 5.41 Å². The monoisotopic (exact) mass is 342 g/mol. The van der Waals surface area contributed by atoms with Gasteiger partial charge in [-0.05, 0) is 19.4 Å². The summed E-state index contributed by atoms with van der Waals surface area (Å²) in [7, 11) is 1.97. The van der Waals surface area contributed by atoms with Gasteiger partial charge in [0.05, 0.1) is 25.6 Å². The standard InChI is InChI=1S/C18H26N6O/c1-22-11-16(9-21-22)12-23-6-2-3-18(13-23)14-24(7-8-25-15-18)17-10-19-4-5-20-17/h4-5,9-11H,2-3,6-8,12-15H2,1H3. The lowest BCUT2D eigenvalue weighted by molar-refractivity contribution is 0.0106. The van der Waals surface area contributed by atoms with E-state index in [1.165, 1.54) is 18.4 Å². The van der Waals surface area contributed by atoms with E-state index in [1.807, 2.05) is 24.1 Å². The third-order valence-electron chi connectivity index (χ3n) is 5.22. The Morgan fingerprint density at radius 3 is 2.96 bits per heavy atom. The topological polar surface area (TPSA) is 59.3 Å². The van der Waals surface area contributed by atoms with E-state index in [4.69, 9.17) is 4.74 Å². The molecule has 2 aliphatic rings. The second kappa shape index (κ2) is 7.09. The molecule has 0 N–H and O–H groups in total. The van der Waals surface area contributed by atoms with E-state index in [0.29, 0.717) is 0 Å². The van der Waals surface area contributed by atoms with Crippen LogP contribution in [-0.2, 0) is 18.3 Å². The summed E-state index contributed by atoms with van der Waals surface area (Å²) in [6, 6.07) is 0. The fraction of sp³-hybridized carbons (Fsp3) is 0.611. The van der Waals surface area contributed by atoms with Crippen LogP contribution in [0.3, 0.4) is 0 Å². The largest absolute Gasteiger partial charge is 0.379 e. The third kappa shape index (κ3) is 3.82. The second-order valence-electron chi connectivity index (χ2n) is 7.37. The lowest BCUT2D eigenvalue weighted by Gasteiger charge is -2.43. The van der Waals surface area contributed by atoms with E-state index in [1.54, 1.807) is 12.4 Å². The molecule has 25 heavy (non-hydrogen) atoms. The molecule has 0 bridgehead atoms. The molecule has 2 aromatic rings. The molecule has 1 atom stereocenters. The highest BCUT2D eigenvalue weighted by Crippen LogP contribution is 2.34. The van der Waals surface area contributed by atoms with Gasteiger partial charge in [0, 0.05) is 62.8 Å². The Labute approximate surface area is 148 Å². The van der Waals surface area contributed by atoms with Gasteiger partial charge in [0.15, 0.2) is 0 Å². The molecule has 1 unspecified atom stereocenters. The van der Waals surface area contributed by atoms with Crippen LogP contribution in [0.15, 0.2) is 31.0 Å². The fourth-order valence-corrected chi connectivity index (χ4v) is 4.15. The summed E-state index contributed by atoms with van der Waals surface area (Å²) in [5, 5.41) is 4.29. The summed E-state index contributed by atoms with van der Waals surface area (Å²) >= 11 is 0. The van der Waals surface area contributed by atoms with E-state index < -0.39 is 0 Å². The summed E-state index contributed by atoms with van der Waals surface area (Å²) in [5.74, 6) is 0.955. The molecule has 134 valence electrons. The van der Waals surface area contributed by atoms with E-state index >= 15 is 0 Å². The van der Waals surface area contributed by atoms with Crippen molar-refractivity contribution in [1.29, 1.82) is 0 Å². The summed E-state index contributed by atoms with van der Waals surface area (Å²) in [4.78, 5) is 13.6. The average Bonchev–Trinajstić information content (AvgIpc) is 2.92. The van der Waals surface area contributed by atoms with Crippen LogP contribution < -0.4 is 4.90 Å². The van der Waals surface area contributed by atoms with Crippen molar-refractivity contribution in [3.8, 4) is 0 Å². The lowest BCUT2D eigenvalue weighted by Crippen LogP contribution is -2.50. The van der Waals surface area contributed by atoms with Crippen LogP contribution in [0.2, 0.25) is 0 Å². The molecule has 0 aliphatic carbocycles. The van der Waals surface area contributed by atoms with Gasteiger partial charge in [-0.15, -0.1) is 0 Å². The number of hydrogen-bond acceptors (Lipinski definition) is 6. The summed E-state index contributed by atoms with van der Waals surface area (Å²) in [6.45, 7) is 6.59. The van der Waals surface area contributed by atoms with Crippen LogP contribution >= 0.6 is 0 Å². The molecular formula is C18H26N6O. The van der Waals surface area contributed by atoms with Crippen molar-refractivity contribution in [2.24, 2.45) is 12.5 Å². The molecule has 4 rings (SSSR count). The number of anilines is 1. The molecule has 7 heteroatoms. The molecule has 2 saturated heterocycles. The highest BCUT2D eigenvalue weighted by molar-refractivity contribution is 5.36. The van der Waals surface area contributed by atoms with Crippen LogP contribution in [0.25, 0.3) is 0 Å². The molecule has 0 amide bonds. The number of nitrogens with zero attached hydrogens (tertiary/aromatic N) is 6. The highest BCUT2D eigenvalue weighted by atomic mass is 16.5. The third-order valence-corrected chi connectivity index (χ3v) is 5.22. The Balaban J connectivity index is 1.48. The molecule has 0 aromatic carbocycles. The number of rotatable bonds is 3. The van der Waals surface area contributed by atoms with Gasteiger partial charge < -0.3 is 9.64 Å². The van der Waals surface area contributed by atoms with Crippen LogP contribution in [0.5, 0.6) is 0 Å². The Kier molecular flexibility index (Phi) is 4.67. The molecule has 1 spiro atoms. The maximum atomic E-state index is 6.01. The number of aryl methyl sites for hydroxylation is 1. The summed E-state index contributed by atoms with van der Waals surface area (Å²) in [6.07, 6.45) is 11.8. The van der Waals surface area contributed by atoms with Gasteiger partial charge in [0.1, 0.15) is 5.82 Å². The first-order valence-corrected chi connectivity index (χ1v) is 9.01. The van der Waals surface area contributed by atoms with Crippen molar-refractivity contribution < 1.29 is 4.74 Å². The van der Waals surface area contributed by atoms with Gasteiger partial charge >= 0.3 is 0 Å². The average molecular weight is 342 g/mol. The summed E-state index contributed by atoms with van der Waals surface area (Å²) in [5.41, 5.74) is 1.44. The predicted molar refractivity (Wildman–Crippen MR) is 95.2 cm³/mol. The molecule has 2 aromatic heterocycles. The van der Waals surface area contributed by atoms with E-state index in [0.717, 1.165) is 51.8 Å². The summed E-state index contributed by atoms with van der Waals surface area (Å²) < 4.78 is 7.88. The molecule has 0 saturated carbocycles. The van der Waals surface area contributed by atoms with Gasteiger partial charge in [0.2, 0.25) is 0 Å². The smallest absolute Gasteiger partial charge is 0.147 e. The highest BCUT2D eigenvalue weighted by Gasteiger charge is 2.39. The van der Waals surface area contributed by atoms with Crippen molar-refractivity contribution in [3.05, 3.63) is 36.5 Å². The van der Waals surface area contributed by atoms with E-state index in [2.05, 4.69) is 31.1 Å². The first kappa shape index (κ1) is 16.5. The SMILES string of the molecule is Cn1cc(CN2CCCC3(COCCN(c4cnccn4)C3)C2)cn1. The van der Waals surface area contributed by atoms with E-state index in [-0.39, 0.29) is 5.41 Å². The number of hydrogen-bond donors (Lipinski definition) is 0. The minimum absolute atomic E-state index is 0.161. The minimum atomic E-state index is 0.161. The lowest BCUT2D eigenvalue weighted by atomic mass is 9.80. The molecular weight excluding hydrogens is 316 g/mol. The zero-order chi connectivity index (χ0) is 17.1. The van der Waals surface area contributed by atoms with Gasteiger partial charge in [-0.25, -0.2) is 4.98 Å². The minimum Gasteiger partial charge on any atom is -0.379 e. The van der Waals surface area contributed by atoms with Crippen molar-refractivity contribution in [1.82, 2.24) is 24.6 Å². The van der Waals surface area contributed by atoms with Crippen molar-refractivity contribution >= 4 is 5.82 Å². The molecule has 2 fully saturated rings. The zero-order valence-electron chi connectivity index (χ0n) is 14.8. The Bertz CT molecular complexity index is 690. The van der Waals surface area contributed by atoms with Crippen molar-refractivity contribution in [3.63, 3.8) is 0 Å². The Morgan fingerprint density at radius 1 is 1.20 bits per heavy atom. The van der Waals surface area contributed by atoms with Gasteiger partial charge in [-0.3, -0.25) is 14.6 Å². The molecule has 0 radical (unpaired) electrons. The first-order valence-electron chi connectivity index (χ1n) is 9.01. The quantitative estimate of drug-likeness (QED) is 0.839. The number of piperidine rings is 1. The number of aromatic nitrogens is 4. The number of likely N-dealkylation sites (tertiary alicyclic amines) is 1. The maximum absolute atomic E-state index is 6.01. The van der Waals surface area contributed by atoms with Gasteiger partial charge in [-0.1, -0.05) is 0 Å². The van der Waals surface area contributed by atoms with Crippen LogP contribution in [0.1, 0.15) is 18.4 Å². The van der Waals surface area contributed by atoms with Gasteiger partial charge in [-0.2, -0.15) is 5.10 Å². The Hall–Kier alpha value is -1.99. The van der Waals surface area contributed by atoms with Crippen LogP contribution in [0.4, 0.5) is 5.82 Å². The molecule has 2 aliphatic heterocycles. The molecule has 4 heterocycles. The predicted octanol–water partition coefficient (Wildman–Crippen LogP) is 1.33. The van der Waals surface area contributed by atoms with Crippen molar-refractivity contribution in [2.75, 3.05) is 44.3 Å². The van der Waals surface area contributed by atoms with Crippen LogP contribution in [-0.4, -0.2) is 64.0 Å². The molecule has 7 nitrogen and oxygen atoms in total. The maximum Gasteiger partial charge on any atom is 0.147 e. The fourth-order valence-electron chi connectivity index (χ4n) is 4.15. The normalized spacial score (nSPS) is 25.2. The number of ether oxygens (including phenoxy) is 1. The second-order valence-corrected chi connectivity index (χ2v) is 7.37.